The Morgan fingerprint density at radius 1 is 0.704 bits per heavy atom. The van der Waals surface area contributed by atoms with Crippen LogP contribution in [0.2, 0.25) is 0 Å². The SMILES string of the molecule is CCCCCCC1(CCCCCC)c2cc(C)ccc2-c2ccc(Br)cc21. The molecule has 1 aliphatic rings. The van der Waals surface area contributed by atoms with Crippen molar-refractivity contribution in [1.82, 2.24) is 0 Å². The van der Waals surface area contributed by atoms with E-state index in [1.54, 1.807) is 11.1 Å². The molecule has 146 valence electrons. The van der Waals surface area contributed by atoms with Crippen LogP contribution < -0.4 is 0 Å². The summed E-state index contributed by atoms with van der Waals surface area (Å²) in [4.78, 5) is 0. The maximum absolute atomic E-state index is 3.76. The summed E-state index contributed by atoms with van der Waals surface area (Å²) >= 11 is 3.76. The zero-order valence-electron chi connectivity index (χ0n) is 17.4. The van der Waals surface area contributed by atoms with Gasteiger partial charge in [-0.25, -0.2) is 0 Å². The fourth-order valence-electron chi connectivity index (χ4n) is 4.95. The molecule has 1 heteroatoms. The second kappa shape index (κ2) is 9.41. The van der Waals surface area contributed by atoms with Crippen LogP contribution in [0.5, 0.6) is 0 Å². The van der Waals surface area contributed by atoms with E-state index in [-0.39, 0.29) is 5.41 Å². The standard InChI is InChI=1S/C26H35Br/c1-4-6-8-10-16-26(17-11-9-7-5-2)24-18-20(3)12-14-22(24)23-15-13-21(27)19-25(23)26/h12-15,18-19H,4-11,16-17H2,1-3H3. The normalized spacial score (nSPS) is 14.2. The number of hydrogen-bond donors (Lipinski definition) is 0. The van der Waals surface area contributed by atoms with Crippen molar-refractivity contribution in [1.29, 1.82) is 0 Å². The number of rotatable bonds is 10. The summed E-state index contributed by atoms with van der Waals surface area (Å²) in [6.45, 7) is 6.86. The zero-order valence-corrected chi connectivity index (χ0v) is 19.0. The Morgan fingerprint density at radius 3 is 1.85 bits per heavy atom. The van der Waals surface area contributed by atoms with Crippen molar-refractivity contribution in [3.8, 4) is 11.1 Å². The molecule has 0 saturated heterocycles. The van der Waals surface area contributed by atoms with Crippen molar-refractivity contribution < 1.29 is 0 Å². The molecule has 0 saturated carbocycles. The van der Waals surface area contributed by atoms with Crippen molar-refractivity contribution in [2.45, 2.75) is 90.4 Å². The molecule has 0 spiro atoms. The average Bonchev–Trinajstić information content (AvgIpc) is 2.92. The Bertz CT molecular complexity index is 693. The van der Waals surface area contributed by atoms with Gasteiger partial charge in [0.25, 0.3) is 0 Å². The van der Waals surface area contributed by atoms with Crippen LogP contribution in [0.15, 0.2) is 40.9 Å². The van der Waals surface area contributed by atoms with Crippen molar-refractivity contribution in [2.75, 3.05) is 0 Å². The molecule has 27 heavy (non-hydrogen) atoms. The minimum Gasteiger partial charge on any atom is -0.0654 e. The second-order valence-electron chi connectivity index (χ2n) is 8.44. The molecule has 0 amide bonds. The van der Waals surface area contributed by atoms with Gasteiger partial charge in [0, 0.05) is 9.89 Å². The summed E-state index contributed by atoms with van der Waals surface area (Å²) in [6, 6.07) is 14.1. The predicted molar refractivity (Wildman–Crippen MR) is 123 cm³/mol. The minimum absolute atomic E-state index is 0.210. The summed E-state index contributed by atoms with van der Waals surface area (Å²) in [5.41, 5.74) is 7.73. The Balaban J connectivity index is 2.03. The van der Waals surface area contributed by atoms with E-state index in [9.17, 15) is 0 Å². The highest BCUT2D eigenvalue weighted by Gasteiger charge is 2.42. The van der Waals surface area contributed by atoms with Crippen molar-refractivity contribution in [2.24, 2.45) is 0 Å². The first kappa shape index (κ1) is 20.6. The maximum atomic E-state index is 3.76. The van der Waals surface area contributed by atoms with Crippen LogP contribution in [0, 0.1) is 6.92 Å². The van der Waals surface area contributed by atoms with E-state index >= 15 is 0 Å². The van der Waals surface area contributed by atoms with Gasteiger partial charge in [0.05, 0.1) is 0 Å². The second-order valence-corrected chi connectivity index (χ2v) is 9.36. The molecule has 1 aliphatic carbocycles. The first-order valence-electron chi connectivity index (χ1n) is 11.0. The number of fused-ring (bicyclic) bond motifs is 3. The molecule has 0 nitrogen and oxygen atoms in total. The molecule has 0 aliphatic heterocycles. The largest absolute Gasteiger partial charge is 0.0654 e. The number of hydrogen-bond acceptors (Lipinski definition) is 0. The number of benzene rings is 2. The average molecular weight is 427 g/mol. The van der Waals surface area contributed by atoms with Gasteiger partial charge in [-0.1, -0.05) is 111 Å². The Morgan fingerprint density at radius 2 is 1.26 bits per heavy atom. The molecule has 0 fully saturated rings. The lowest BCUT2D eigenvalue weighted by Gasteiger charge is -2.33. The molecule has 3 rings (SSSR count). The predicted octanol–water partition coefficient (Wildman–Crippen LogP) is 8.96. The first-order chi connectivity index (χ1) is 13.1. The van der Waals surface area contributed by atoms with Gasteiger partial charge in [-0.15, -0.1) is 0 Å². The van der Waals surface area contributed by atoms with E-state index in [4.69, 9.17) is 0 Å². The number of unbranched alkanes of at least 4 members (excludes halogenated alkanes) is 6. The summed E-state index contributed by atoms with van der Waals surface area (Å²) in [6.07, 6.45) is 13.3. The van der Waals surface area contributed by atoms with Gasteiger partial charge in [0.2, 0.25) is 0 Å². The molecule has 2 aromatic rings. The molecular formula is C26H35Br. The third-order valence-electron chi connectivity index (χ3n) is 6.39. The fraction of sp³-hybridized carbons (Fsp3) is 0.538. The fourth-order valence-corrected chi connectivity index (χ4v) is 5.31. The molecule has 0 unspecified atom stereocenters. The van der Waals surface area contributed by atoms with E-state index in [1.807, 2.05) is 0 Å². The van der Waals surface area contributed by atoms with Crippen LogP contribution >= 0.6 is 15.9 Å². The lowest BCUT2D eigenvalue weighted by atomic mass is 9.70. The highest BCUT2D eigenvalue weighted by Crippen LogP contribution is 2.54. The van der Waals surface area contributed by atoms with Crippen LogP contribution in [0.25, 0.3) is 11.1 Å². The van der Waals surface area contributed by atoms with Crippen LogP contribution in [-0.2, 0) is 5.41 Å². The monoisotopic (exact) mass is 426 g/mol. The minimum atomic E-state index is 0.210. The van der Waals surface area contributed by atoms with Gasteiger partial charge in [-0.2, -0.15) is 0 Å². The number of halogens is 1. The first-order valence-corrected chi connectivity index (χ1v) is 11.8. The molecule has 0 N–H and O–H groups in total. The lowest BCUT2D eigenvalue weighted by Crippen LogP contribution is -2.25. The van der Waals surface area contributed by atoms with Crippen LogP contribution in [0.1, 0.15) is 94.7 Å². The van der Waals surface area contributed by atoms with Gasteiger partial charge in [-0.05, 0) is 54.2 Å². The zero-order chi connectivity index (χ0) is 19.3. The van der Waals surface area contributed by atoms with E-state index in [2.05, 4.69) is 73.1 Å². The third kappa shape index (κ3) is 4.34. The summed E-state index contributed by atoms with van der Waals surface area (Å²) < 4.78 is 1.22. The smallest absolute Gasteiger partial charge is 0.0215 e. The quantitative estimate of drug-likeness (QED) is 0.332. The van der Waals surface area contributed by atoms with Crippen LogP contribution in [-0.4, -0.2) is 0 Å². The molecule has 0 heterocycles. The highest BCUT2D eigenvalue weighted by atomic mass is 79.9. The van der Waals surface area contributed by atoms with Crippen molar-refractivity contribution >= 4 is 15.9 Å². The molecule has 0 radical (unpaired) electrons. The summed E-state index contributed by atoms with van der Waals surface area (Å²) in [5, 5.41) is 0. The Labute approximate surface area is 174 Å². The van der Waals surface area contributed by atoms with E-state index in [0.29, 0.717) is 0 Å². The molecule has 0 atom stereocenters. The van der Waals surface area contributed by atoms with Gasteiger partial charge >= 0.3 is 0 Å². The molecule has 2 aromatic carbocycles. The van der Waals surface area contributed by atoms with Gasteiger partial charge in [0.15, 0.2) is 0 Å². The van der Waals surface area contributed by atoms with Gasteiger partial charge < -0.3 is 0 Å². The van der Waals surface area contributed by atoms with Gasteiger partial charge in [0.1, 0.15) is 0 Å². The van der Waals surface area contributed by atoms with E-state index in [0.717, 1.165) is 0 Å². The molecule has 0 aromatic heterocycles. The Hall–Kier alpha value is -1.08. The van der Waals surface area contributed by atoms with Crippen molar-refractivity contribution in [3.05, 3.63) is 57.6 Å². The summed E-state index contributed by atoms with van der Waals surface area (Å²) in [7, 11) is 0. The number of aryl methyl sites for hydroxylation is 1. The van der Waals surface area contributed by atoms with Crippen molar-refractivity contribution in [3.63, 3.8) is 0 Å². The Kier molecular flexibility index (Phi) is 7.20. The van der Waals surface area contributed by atoms with E-state index in [1.165, 1.54) is 85.4 Å². The third-order valence-corrected chi connectivity index (χ3v) is 6.89. The van der Waals surface area contributed by atoms with Gasteiger partial charge in [-0.3, -0.25) is 0 Å². The molecular weight excluding hydrogens is 392 g/mol. The van der Waals surface area contributed by atoms with Crippen LogP contribution in [0.3, 0.4) is 0 Å². The molecule has 0 bridgehead atoms. The topological polar surface area (TPSA) is 0 Å². The maximum Gasteiger partial charge on any atom is 0.0215 e. The summed E-state index contributed by atoms with van der Waals surface area (Å²) in [5.74, 6) is 0. The van der Waals surface area contributed by atoms with Crippen LogP contribution in [0.4, 0.5) is 0 Å². The highest BCUT2D eigenvalue weighted by molar-refractivity contribution is 9.10. The lowest BCUT2D eigenvalue weighted by molar-refractivity contribution is 0.400. The van der Waals surface area contributed by atoms with E-state index < -0.39 is 0 Å².